The second-order valence-corrected chi connectivity index (χ2v) is 11.6. The van der Waals surface area contributed by atoms with Crippen LogP contribution in [0.2, 0.25) is 10.0 Å². The van der Waals surface area contributed by atoms with E-state index >= 15 is 0 Å². The number of fused-ring (bicyclic) bond motifs is 1. The molecule has 14 heteroatoms. The number of nitrogens with zero attached hydrogens (tertiary/aromatic N) is 5. The summed E-state index contributed by atoms with van der Waals surface area (Å²) in [5.74, 6) is -1.15. The minimum absolute atomic E-state index is 0.106. The van der Waals surface area contributed by atoms with Crippen LogP contribution < -0.4 is 24.4 Å². The van der Waals surface area contributed by atoms with Gasteiger partial charge in [-0.3, -0.25) is 9.59 Å². The minimum Gasteiger partial charge on any atom is -0.497 e. The molecule has 254 valence electrons. The van der Waals surface area contributed by atoms with E-state index in [1.807, 2.05) is 12.1 Å². The van der Waals surface area contributed by atoms with Crippen molar-refractivity contribution in [2.75, 3.05) is 18.6 Å². The van der Waals surface area contributed by atoms with Crippen LogP contribution >= 0.6 is 23.2 Å². The van der Waals surface area contributed by atoms with Crippen molar-refractivity contribution in [2.24, 2.45) is 4.99 Å². The highest BCUT2D eigenvalue weighted by molar-refractivity contribution is 6.39. The van der Waals surface area contributed by atoms with Crippen LogP contribution in [0.3, 0.4) is 0 Å². The number of hydrogen-bond acceptors (Lipinski definition) is 9. The molecule has 6 rings (SSSR count). The van der Waals surface area contributed by atoms with Gasteiger partial charge in [0.05, 0.1) is 48.4 Å². The fourth-order valence-electron chi connectivity index (χ4n) is 5.29. The van der Waals surface area contributed by atoms with E-state index in [1.165, 1.54) is 17.3 Å². The largest absolute Gasteiger partial charge is 0.497 e. The van der Waals surface area contributed by atoms with Gasteiger partial charge in [-0.25, -0.2) is 24.3 Å². The lowest BCUT2D eigenvalue weighted by molar-refractivity contribution is -0.120. The summed E-state index contributed by atoms with van der Waals surface area (Å²) < 4.78 is 31.5. The number of rotatable bonds is 11. The third-order valence-electron chi connectivity index (χ3n) is 7.55. The second kappa shape index (κ2) is 15.3. The van der Waals surface area contributed by atoms with Gasteiger partial charge in [0.25, 0.3) is 11.8 Å². The Morgan fingerprint density at radius 1 is 0.980 bits per heavy atom. The Morgan fingerprint density at radius 3 is 2.48 bits per heavy atom. The number of aliphatic imine (C=N–C) groups is 1. The molecule has 1 N–H and O–H groups in total. The summed E-state index contributed by atoms with van der Waals surface area (Å²) in [4.78, 5) is 47.0. The Bertz CT molecular complexity index is 2070. The molecule has 0 saturated carbocycles. The minimum atomic E-state index is -1.53. The number of carbonyl (C=O) groups is 2. The quantitative estimate of drug-likeness (QED) is 0.166. The summed E-state index contributed by atoms with van der Waals surface area (Å²) in [6.45, 7) is 2.05. The van der Waals surface area contributed by atoms with Crippen LogP contribution in [0, 0.1) is 5.82 Å². The maximum Gasteiger partial charge on any atom is 0.272 e. The summed E-state index contributed by atoms with van der Waals surface area (Å²) in [5.41, 5.74) is 2.16. The maximum atomic E-state index is 14.5. The molecular formula is C36H29Cl2FN6O5. The summed E-state index contributed by atoms with van der Waals surface area (Å²) in [5, 5.41) is 3.22. The predicted molar refractivity (Wildman–Crippen MR) is 186 cm³/mol. The van der Waals surface area contributed by atoms with E-state index in [-0.39, 0.29) is 41.9 Å². The van der Waals surface area contributed by atoms with E-state index in [9.17, 15) is 14.0 Å². The number of halogens is 3. The highest BCUT2D eigenvalue weighted by atomic mass is 35.5. The Labute approximate surface area is 296 Å². The predicted octanol–water partition coefficient (Wildman–Crippen LogP) is 6.44. The zero-order valence-electron chi connectivity index (χ0n) is 26.8. The number of benzodiazepines with no additional fused rings is 1. The molecule has 2 aromatic heterocycles. The number of pyridine rings is 1. The van der Waals surface area contributed by atoms with Crippen LogP contribution in [0.5, 0.6) is 17.4 Å². The number of ether oxygens (including phenoxy) is 3. The van der Waals surface area contributed by atoms with E-state index < -0.39 is 23.8 Å². The first-order valence-corrected chi connectivity index (χ1v) is 16.1. The normalized spacial score (nSPS) is 13.9. The molecule has 0 saturated heterocycles. The van der Waals surface area contributed by atoms with E-state index in [2.05, 4.69) is 20.3 Å². The van der Waals surface area contributed by atoms with E-state index in [0.29, 0.717) is 39.2 Å². The average Bonchev–Trinajstić information content (AvgIpc) is 3.22. The Balaban J connectivity index is 1.45. The van der Waals surface area contributed by atoms with Crippen LogP contribution in [-0.2, 0) is 17.9 Å². The third-order valence-corrected chi connectivity index (χ3v) is 8.07. The molecule has 0 fully saturated rings. The zero-order valence-corrected chi connectivity index (χ0v) is 28.3. The lowest BCUT2D eigenvalue weighted by Gasteiger charge is -2.26. The number of para-hydroxylation sites is 1. The lowest BCUT2D eigenvalue weighted by atomic mass is 9.99. The molecule has 0 radical (unpaired) electrons. The number of nitrogens with one attached hydrogen (secondary N) is 1. The van der Waals surface area contributed by atoms with Crippen LogP contribution in [0.1, 0.15) is 39.8 Å². The van der Waals surface area contributed by atoms with Gasteiger partial charge in [-0.05, 0) is 55.0 Å². The first kappa shape index (κ1) is 34.3. The molecule has 1 atom stereocenters. The smallest absolute Gasteiger partial charge is 0.272 e. The molecule has 3 heterocycles. The fraction of sp³-hybridized carbons (Fsp3) is 0.167. The Hall–Kier alpha value is -5.59. The fourth-order valence-corrected chi connectivity index (χ4v) is 5.86. The first-order chi connectivity index (χ1) is 24.2. The summed E-state index contributed by atoms with van der Waals surface area (Å²) in [6.07, 6.45) is 2.45. The van der Waals surface area contributed by atoms with Gasteiger partial charge in [-0.15, -0.1) is 0 Å². The van der Waals surface area contributed by atoms with Gasteiger partial charge >= 0.3 is 0 Å². The Morgan fingerprint density at radius 2 is 1.74 bits per heavy atom. The standard InChI is InChI=1S/C36H29Cl2FN6O5/c1-3-49-29-16-22(37)15-27(38)31(29)32-25-7-4-5-8-28(25)45(19-21-9-11-24(48-2)12-10-21)36(47)33(43-32)44-34(46)26-17-23(39)18-42-35(26)50-20-30-40-13-6-14-41-30/h4-18,33H,3,19-20H2,1-2H3,(H,44,46)/t33-/m1/s1. The van der Waals surface area contributed by atoms with Crippen LogP contribution in [-0.4, -0.2) is 52.4 Å². The average molecular weight is 716 g/mol. The second-order valence-electron chi connectivity index (χ2n) is 10.8. The lowest BCUT2D eigenvalue weighted by Crippen LogP contribution is -2.47. The third kappa shape index (κ3) is 7.51. The summed E-state index contributed by atoms with van der Waals surface area (Å²) in [6, 6.07) is 20.1. The molecule has 0 unspecified atom stereocenters. The van der Waals surface area contributed by atoms with Crippen molar-refractivity contribution in [3.8, 4) is 17.4 Å². The summed E-state index contributed by atoms with van der Waals surface area (Å²) in [7, 11) is 1.56. The zero-order chi connectivity index (χ0) is 35.2. The maximum absolute atomic E-state index is 14.5. The van der Waals surface area contributed by atoms with Gasteiger partial charge in [0.2, 0.25) is 12.0 Å². The van der Waals surface area contributed by atoms with Crippen molar-refractivity contribution in [3.63, 3.8) is 0 Å². The van der Waals surface area contributed by atoms with Gasteiger partial charge in [0.1, 0.15) is 29.5 Å². The SMILES string of the molecule is CCOc1cc(Cl)cc(Cl)c1C1=N[C@H](NC(=O)c2cc(F)cnc2OCc2ncccn2)C(=O)N(Cc2ccc(OC)cc2)c2ccccc21. The molecule has 3 aromatic carbocycles. The van der Waals surface area contributed by atoms with Crippen molar-refractivity contribution in [2.45, 2.75) is 26.2 Å². The van der Waals surface area contributed by atoms with Crippen molar-refractivity contribution in [1.82, 2.24) is 20.3 Å². The Kier molecular flexibility index (Phi) is 10.5. The van der Waals surface area contributed by atoms with Crippen molar-refractivity contribution in [3.05, 3.63) is 135 Å². The van der Waals surface area contributed by atoms with Crippen molar-refractivity contribution in [1.29, 1.82) is 0 Å². The number of methoxy groups -OCH3 is 1. The molecule has 5 aromatic rings. The number of benzene rings is 3. The topological polar surface area (TPSA) is 128 Å². The molecular weight excluding hydrogens is 686 g/mol. The number of aromatic nitrogens is 3. The molecule has 50 heavy (non-hydrogen) atoms. The molecule has 0 spiro atoms. The number of hydrogen-bond donors (Lipinski definition) is 1. The molecule has 1 aliphatic heterocycles. The molecule has 1 aliphatic rings. The van der Waals surface area contributed by atoms with Gasteiger partial charge < -0.3 is 24.4 Å². The van der Waals surface area contributed by atoms with Crippen LogP contribution in [0.4, 0.5) is 10.1 Å². The van der Waals surface area contributed by atoms with E-state index in [0.717, 1.165) is 17.8 Å². The van der Waals surface area contributed by atoms with E-state index in [1.54, 1.807) is 68.6 Å². The number of amides is 2. The first-order valence-electron chi connectivity index (χ1n) is 15.3. The highest BCUT2D eigenvalue weighted by Crippen LogP contribution is 2.37. The monoisotopic (exact) mass is 714 g/mol. The van der Waals surface area contributed by atoms with Gasteiger partial charge in [0, 0.05) is 23.0 Å². The van der Waals surface area contributed by atoms with Gasteiger partial charge in [0.15, 0.2) is 5.82 Å². The number of carbonyl (C=O) groups excluding carboxylic acids is 2. The van der Waals surface area contributed by atoms with E-state index in [4.69, 9.17) is 42.4 Å². The van der Waals surface area contributed by atoms with Crippen molar-refractivity contribution >= 4 is 46.4 Å². The molecule has 2 amide bonds. The highest BCUT2D eigenvalue weighted by Gasteiger charge is 2.35. The molecule has 0 aliphatic carbocycles. The number of anilines is 1. The van der Waals surface area contributed by atoms with Crippen LogP contribution in [0.15, 0.2) is 96.4 Å². The molecule has 0 bridgehead atoms. The van der Waals surface area contributed by atoms with Gasteiger partial charge in [-0.1, -0.05) is 53.5 Å². The summed E-state index contributed by atoms with van der Waals surface area (Å²) >= 11 is 13.2. The molecule has 11 nitrogen and oxygen atoms in total. The van der Waals surface area contributed by atoms with Crippen molar-refractivity contribution < 1.29 is 28.2 Å². The van der Waals surface area contributed by atoms with Gasteiger partial charge in [-0.2, -0.15) is 0 Å². The van der Waals surface area contributed by atoms with Crippen LogP contribution in [0.25, 0.3) is 0 Å².